The van der Waals surface area contributed by atoms with Crippen LogP contribution >= 0.6 is 0 Å². The number of carbonyl (C=O) groups excluding carboxylic acids is 1. The Morgan fingerprint density at radius 1 is 1.17 bits per heavy atom. The second kappa shape index (κ2) is 10.9. The number of benzene rings is 2. The Bertz CT molecular complexity index is 1140. The molecule has 1 amide bonds. The lowest BCUT2D eigenvalue weighted by atomic mass is 9.84. The van der Waals surface area contributed by atoms with Crippen molar-refractivity contribution in [1.29, 1.82) is 0 Å². The molecule has 2 aromatic carbocycles. The van der Waals surface area contributed by atoms with E-state index < -0.39 is 17.1 Å². The first-order valence-electron chi connectivity index (χ1n) is 12.5. The van der Waals surface area contributed by atoms with Crippen LogP contribution in [0.2, 0.25) is 0 Å². The van der Waals surface area contributed by atoms with E-state index in [1.807, 2.05) is 54.7 Å². The summed E-state index contributed by atoms with van der Waals surface area (Å²) in [6.07, 6.45) is 2.41. The molecule has 36 heavy (non-hydrogen) atoms. The van der Waals surface area contributed by atoms with E-state index in [9.17, 15) is 4.79 Å². The molecule has 1 fully saturated rings. The van der Waals surface area contributed by atoms with Crippen molar-refractivity contribution < 1.29 is 13.9 Å². The van der Waals surface area contributed by atoms with Gasteiger partial charge in [-0.2, -0.15) is 0 Å². The van der Waals surface area contributed by atoms with Crippen LogP contribution in [0.3, 0.4) is 0 Å². The molecule has 6 nitrogen and oxygen atoms in total. The summed E-state index contributed by atoms with van der Waals surface area (Å²) < 4.78 is 23.2. The lowest BCUT2D eigenvalue weighted by Gasteiger charge is -2.42. The van der Waals surface area contributed by atoms with Gasteiger partial charge in [0.25, 0.3) is 0 Å². The molecule has 1 aliphatic rings. The molecule has 7 heteroatoms. The maximum absolute atomic E-state index is 15.8. The number of amides is 1. The van der Waals surface area contributed by atoms with Gasteiger partial charge in [0, 0.05) is 32.0 Å². The van der Waals surface area contributed by atoms with Crippen molar-refractivity contribution in [3.8, 4) is 11.3 Å². The summed E-state index contributed by atoms with van der Waals surface area (Å²) in [4.78, 5) is 20.2. The van der Waals surface area contributed by atoms with E-state index in [4.69, 9.17) is 9.72 Å². The lowest BCUT2D eigenvalue weighted by molar-refractivity contribution is -0.143. The zero-order chi connectivity index (χ0) is 25.8. The predicted molar refractivity (Wildman–Crippen MR) is 140 cm³/mol. The highest BCUT2D eigenvalue weighted by Gasteiger charge is 2.44. The molecule has 1 aromatic heterocycles. The quantitative estimate of drug-likeness (QED) is 0.463. The molecule has 1 aliphatic heterocycles. The molecule has 1 saturated heterocycles. The van der Waals surface area contributed by atoms with Crippen molar-refractivity contribution in [2.75, 3.05) is 33.4 Å². The van der Waals surface area contributed by atoms with Crippen molar-refractivity contribution in [2.24, 2.45) is 5.41 Å². The lowest BCUT2D eigenvalue weighted by Crippen LogP contribution is -2.50. The highest BCUT2D eigenvalue weighted by atomic mass is 19.1. The number of nitrogens with one attached hydrogen (secondary N) is 1. The summed E-state index contributed by atoms with van der Waals surface area (Å²) in [6.45, 7) is 7.53. The number of hydrogen-bond donors (Lipinski definition) is 1. The normalized spacial score (nSPS) is 18.8. The van der Waals surface area contributed by atoms with Gasteiger partial charge >= 0.3 is 0 Å². The molecule has 0 saturated carbocycles. The van der Waals surface area contributed by atoms with Crippen molar-refractivity contribution in [3.63, 3.8) is 0 Å². The molecule has 0 unspecified atom stereocenters. The van der Waals surface area contributed by atoms with Gasteiger partial charge < -0.3 is 19.5 Å². The highest BCUT2D eigenvalue weighted by molar-refractivity contribution is 5.78. The second-order valence-corrected chi connectivity index (χ2v) is 10.8. The molecule has 192 valence electrons. The van der Waals surface area contributed by atoms with Gasteiger partial charge in [-0.15, -0.1) is 0 Å². The fourth-order valence-electron chi connectivity index (χ4n) is 4.98. The summed E-state index contributed by atoms with van der Waals surface area (Å²) >= 11 is 0. The van der Waals surface area contributed by atoms with Crippen LogP contribution in [0.5, 0.6) is 0 Å². The van der Waals surface area contributed by atoms with Gasteiger partial charge in [-0.3, -0.25) is 4.79 Å². The Morgan fingerprint density at radius 3 is 2.42 bits per heavy atom. The number of rotatable bonds is 9. The SMILES string of the molecule is COCC(=O)N(C[C@@]1(F)CCNC1)[C@@H](c1nc(-c2ccccc2)cn1Cc1ccccc1)C(C)(C)C. The third kappa shape index (κ3) is 6.02. The van der Waals surface area contributed by atoms with Crippen LogP contribution in [-0.4, -0.2) is 59.4 Å². The van der Waals surface area contributed by atoms with E-state index in [0.717, 1.165) is 22.6 Å². The van der Waals surface area contributed by atoms with E-state index in [2.05, 4.69) is 42.8 Å². The summed E-state index contributed by atoms with van der Waals surface area (Å²) in [6, 6.07) is 19.7. The van der Waals surface area contributed by atoms with E-state index in [-0.39, 0.29) is 25.6 Å². The Morgan fingerprint density at radius 2 is 1.83 bits per heavy atom. The monoisotopic (exact) mass is 492 g/mol. The number of aromatic nitrogens is 2. The van der Waals surface area contributed by atoms with Gasteiger partial charge in [0.05, 0.1) is 18.3 Å². The maximum Gasteiger partial charge on any atom is 0.249 e. The van der Waals surface area contributed by atoms with Crippen LogP contribution in [0.1, 0.15) is 44.6 Å². The number of nitrogens with zero attached hydrogens (tertiary/aromatic N) is 3. The van der Waals surface area contributed by atoms with Crippen LogP contribution < -0.4 is 5.32 Å². The number of ether oxygens (including phenoxy) is 1. The number of halogens is 1. The van der Waals surface area contributed by atoms with Crippen molar-refractivity contribution in [1.82, 2.24) is 19.8 Å². The molecule has 4 rings (SSSR count). The van der Waals surface area contributed by atoms with Gasteiger partial charge in [0.2, 0.25) is 5.91 Å². The molecule has 3 aromatic rings. The summed E-state index contributed by atoms with van der Waals surface area (Å²) in [7, 11) is 1.49. The second-order valence-electron chi connectivity index (χ2n) is 10.8. The van der Waals surface area contributed by atoms with E-state index in [1.165, 1.54) is 7.11 Å². The van der Waals surface area contributed by atoms with Gasteiger partial charge in [-0.1, -0.05) is 81.4 Å². The minimum atomic E-state index is -1.49. The topological polar surface area (TPSA) is 59.4 Å². The zero-order valence-electron chi connectivity index (χ0n) is 21.7. The van der Waals surface area contributed by atoms with Gasteiger partial charge in [-0.25, -0.2) is 9.37 Å². The van der Waals surface area contributed by atoms with Crippen molar-refractivity contribution >= 4 is 5.91 Å². The zero-order valence-corrected chi connectivity index (χ0v) is 21.7. The highest BCUT2D eigenvalue weighted by Crippen LogP contribution is 2.40. The third-order valence-electron chi connectivity index (χ3n) is 6.68. The Balaban J connectivity index is 1.84. The van der Waals surface area contributed by atoms with Crippen molar-refractivity contribution in [2.45, 2.75) is 45.4 Å². The molecule has 0 spiro atoms. The standard InChI is InChI=1S/C29H37FN4O2/c1-28(2,3)26(34(25(35)19-36-4)21-29(30)15-16-31-20-29)27-32-24(23-13-9-6-10-14-23)18-33(27)17-22-11-7-5-8-12-22/h5-14,18,26,31H,15-17,19-21H2,1-4H3/t26-,29+/m0/s1. The molecule has 2 heterocycles. The number of carbonyl (C=O) groups is 1. The van der Waals surface area contributed by atoms with E-state index >= 15 is 4.39 Å². The molecule has 2 atom stereocenters. The first-order chi connectivity index (χ1) is 17.2. The Labute approximate surface area is 213 Å². The van der Waals surface area contributed by atoms with Gasteiger partial charge in [0.15, 0.2) is 0 Å². The van der Waals surface area contributed by atoms with Crippen LogP contribution in [0.4, 0.5) is 4.39 Å². The molecule has 0 bridgehead atoms. The fraction of sp³-hybridized carbons (Fsp3) is 0.448. The molecular weight excluding hydrogens is 455 g/mol. The number of hydrogen-bond acceptors (Lipinski definition) is 4. The van der Waals surface area contributed by atoms with Crippen LogP contribution in [0.15, 0.2) is 66.9 Å². The maximum atomic E-state index is 15.8. The molecule has 1 N–H and O–H groups in total. The predicted octanol–water partition coefficient (Wildman–Crippen LogP) is 4.86. The average molecular weight is 493 g/mol. The number of methoxy groups -OCH3 is 1. The third-order valence-corrected chi connectivity index (χ3v) is 6.68. The first-order valence-corrected chi connectivity index (χ1v) is 12.5. The minimum Gasteiger partial charge on any atom is -0.375 e. The van der Waals surface area contributed by atoms with Crippen LogP contribution in [0.25, 0.3) is 11.3 Å². The van der Waals surface area contributed by atoms with E-state index in [0.29, 0.717) is 19.5 Å². The minimum absolute atomic E-state index is 0.0109. The van der Waals surface area contributed by atoms with Crippen LogP contribution in [-0.2, 0) is 16.1 Å². The van der Waals surface area contributed by atoms with E-state index in [1.54, 1.807) is 4.90 Å². The van der Waals surface area contributed by atoms with Crippen molar-refractivity contribution in [3.05, 3.63) is 78.2 Å². The number of imidazole rings is 1. The van der Waals surface area contributed by atoms with Gasteiger partial charge in [-0.05, 0) is 23.9 Å². The summed E-state index contributed by atoms with van der Waals surface area (Å²) in [5.74, 6) is 0.501. The number of alkyl halides is 1. The smallest absolute Gasteiger partial charge is 0.249 e. The Hall–Kier alpha value is -3.03. The molecule has 0 aliphatic carbocycles. The Kier molecular flexibility index (Phi) is 7.91. The summed E-state index contributed by atoms with van der Waals surface area (Å²) in [5, 5.41) is 3.11. The first kappa shape index (κ1) is 26.0. The van der Waals surface area contributed by atoms with Crippen LogP contribution in [0, 0.1) is 5.41 Å². The average Bonchev–Trinajstić information content (AvgIpc) is 3.46. The molecular formula is C29H37FN4O2. The van der Waals surface area contributed by atoms with Gasteiger partial charge in [0.1, 0.15) is 18.1 Å². The largest absolute Gasteiger partial charge is 0.375 e. The molecule has 0 radical (unpaired) electrons. The fourth-order valence-corrected chi connectivity index (χ4v) is 4.98. The summed E-state index contributed by atoms with van der Waals surface area (Å²) in [5.41, 5.74) is 1.04.